The molecule has 0 amide bonds. The predicted molar refractivity (Wildman–Crippen MR) is 60.5 cm³/mol. The van der Waals surface area contributed by atoms with Crippen LogP contribution >= 0.6 is 0 Å². The summed E-state index contributed by atoms with van der Waals surface area (Å²) in [7, 11) is 1.85. The van der Waals surface area contributed by atoms with Crippen molar-refractivity contribution in [3.05, 3.63) is 24.5 Å². The van der Waals surface area contributed by atoms with Crippen LogP contribution in [0.2, 0.25) is 0 Å². The van der Waals surface area contributed by atoms with E-state index in [9.17, 15) is 0 Å². The maximum absolute atomic E-state index is 5.90. The van der Waals surface area contributed by atoms with Crippen molar-refractivity contribution in [2.75, 3.05) is 5.73 Å². The molecule has 0 aliphatic heterocycles. The molecule has 0 fully saturated rings. The van der Waals surface area contributed by atoms with Crippen LogP contribution in [0.5, 0.6) is 0 Å². The number of hydrogen-bond donors (Lipinski definition) is 2. The number of aromatic amines is 1. The molecular formula is C10H10N6. The van der Waals surface area contributed by atoms with E-state index in [4.69, 9.17) is 5.73 Å². The zero-order chi connectivity index (χ0) is 11.1. The first kappa shape index (κ1) is 8.90. The summed E-state index contributed by atoms with van der Waals surface area (Å²) < 4.78 is 1.73. The lowest BCUT2D eigenvalue weighted by Gasteiger charge is -1.96. The summed E-state index contributed by atoms with van der Waals surface area (Å²) in [5.74, 6) is 0. The van der Waals surface area contributed by atoms with Gasteiger partial charge in [-0.3, -0.25) is 14.8 Å². The van der Waals surface area contributed by atoms with Crippen molar-refractivity contribution >= 4 is 16.7 Å². The number of fused-ring (bicyclic) bond motifs is 1. The van der Waals surface area contributed by atoms with Gasteiger partial charge < -0.3 is 5.73 Å². The van der Waals surface area contributed by atoms with Crippen molar-refractivity contribution < 1.29 is 0 Å². The van der Waals surface area contributed by atoms with Gasteiger partial charge in [-0.2, -0.15) is 10.2 Å². The van der Waals surface area contributed by atoms with Crippen LogP contribution < -0.4 is 5.73 Å². The highest BCUT2D eigenvalue weighted by molar-refractivity contribution is 5.95. The standard InChI is InChI=1S/C10H10N6/c1-16-10-6(11)2-4-12-9(10)8(15-16)7-3-5-13-14-7/h2-5H,1H3,(H2,11,12)(H,13,14). The van der Waals surface area contributed by atoms with Crippen molar-refractivity contribution in [1.29, 1.82) is 0 Å². The molecule has 3 aromatic rings. The van der Waals surface area contributed by atoms with Gasteiger partial charge in [0.05, 0.1) is 11.4 Å². The van der Waals surface area contributed by atoms with Crippen LogP contribution in [0.1, 0.15) is 0 Å². The second-order valence-corrected chi connectivity index (χ2v) is 3.54. The molecule has 0 aromatic carbocycles. The van der Waals surface area contributed by atoms with Gasteiger partial charge >= 0.3 is 0 Å². The highest BCUT2D eigenvalue weighted by Gasteiger charge is 2.14. The fourth-order valence-corrected chi connectivity index (χ4v) is 1.80. The van der Waals surface area contributed by atoms with Gasteiger partial charge in [0, 0.05) is 19.4 Å². The lowest BCUT2D eigenvalue weighted by molar-refractivity contribution is 0.800. The van der Waals surface area contributed by atoms with E-state index < -0.39 is 0 Å². The van der Waals surface area contributed by atoms with E-state index in [1.54, 1.807) is 23.1 Å². The second kappa shape index (κ2) is 3.06. The number of aryl methyl sites for hydroxylation is 1. The molecule has 3 aromatic heterocycles. The maximum Gasteiger partial charge on any atom is 0.136 e. The minimum absolute atomic E-state index is 0.672. The topological polar surface area (TPSA) is 85.4 Å². The van der Waals surface area contributed by atoms with Gasteiger partial charge in [0.15, 0.2) is 0 Å². The average molecular weight is 214 g/mol. The lowest BCUT2D eigenvalue weighted by Crippen LogP contribution is -1.94. The van der Waals surface area contributed by atoms with Crippen molar-refractivity contribution in [3.63, 3.8) is 0 Å². The average Bonchev–Trinajstić information content (AvgIpc) is 2.86. The number of nitrogens with zero attached hydrogens (tertiary/aromatic N) is 4. The van der Waals surface area contributed by atoms with E-state index in [-0.39, 0.29) is 0 Å². The minimum atomic E-state index is 0.672. The van der Waals surface area contributed by atoms with Gasteiger partial charge in [0.1, 0.15) is 16.7 Å². The number of nitrogens with one attached hydrogen (secondary N) is 1. The fraction of sp³-hybridized carbons (Fsp3) is 0.100. The molecule has 0 aliphatic rings. The first-order valence-electron chi connectivity index (χ1n) is 4.84. The summed E-state index contributed by atoms with van der Waals surface area (Å²) in [4.78, 5) is 4.31. The molecule has 0 unspecified atom stereocenters. The molecule has 0 saturated carbocycles. The molecule has 0 radical (unpaired) electrons. The van der Waals surface area contributed by atoms with Gasteiger partial charge in [0.25, 0.3) is 0 Å². The quantitative estimate of drug-likeness (QED) is 0.631. The van der Waals surface area contributed by atoms with E-state index >= 15 is 0 Å². The number of H-pyrrole nitrogens is 1. The summed E-state index contributed by atoms with van der Waals surface area (Å²) >= 11 is 0. The molecule has 6 heteroatoms. The largest absolute Gasteiger partial charge is 0.397 e. The molecule has 3 rings (SSSR count). The molecule has 0 bridgehead atoms. The molecule has 3 N–H and O–H groups in total. The first-order valence-corrected chi connectivity index (χ1v) is 4.84. The van der Waals surface area contributed by atoms with E-state index in [0.717, 1.165) is 22.4 Å². The van der Waals surface area contributed by atoms with Crippen LogP contribution in [0.15, 0.2) is 24.5 Å². The number of aromatic nitrogens is 5. The molecule has 16 heavy (non-hydrogen) atoms. The van der Waals surface area contributed by atoms with E-state index in [1.165, 1.54) is 0 Å². The summed E-state index contributed by atoms with van der Waals surface area (Å²) in [5.41, 5.74) is 9.80. The Kier molecular flexibility index (Phi) is 1.70. The summed E-state index contributed by atoms with van der Waals surface area (Å²) in [6.45, 7) is 0. The number of nitrogens with two attached hydrogens (primary N) is 1. The normalized spacial score (nSPS) is 11.1. The smallest absolute Gasteiger partial charge is 0.136 e. The molecule has 3 heterocycles. The highest BCUT2D eigenvalue weighted by Crippen LogP contribution is 2.27. The van der Waals surface area contributed by atoms with Crippen LogP contribution in [0.25, 0.3) is 22.4 Å². The number of pyridine rings is 1. The third-order valence-corrected chi connectivity index (χ3v) is 2.51. The van der Waals surface area contributed by atoms with Crippen molar-refractivity contribution in [2.24, 2.45) is 7.05 Å². The van der Waals surface area contributed by atoms with Crippen molar-refractivity contribution in [2.45, 2.75) is 0 Å². The van der Waals surface area contributed by atoms with Crippen LogP contribution in [0.4, 0.5) is 5.69 Å². The third kappa shape index (κ3) is 1.10. The maximum atomic E-state index is 5.90. The van der Waals surface area contributed by atoms with Crippen LogP contribution in [-0.2, 0) is 7.05 Å². The minimum Gasteiger partial charge on any atom is -0.397 e. The number of anilines is 1. The van der Waals surface area contributed by atoms with Gasteiger partial charge in [-0.15, -0.1) is 0 Å². The SMILES string of the molecule is Cn1nc(-c2ccn[nH]2)c2nccc(N)c21. The van der Waals surface area contributed by atoms with Crippen LogP contribution in [-0.4, -0.2) is 25.0 Å². The van der Waals surface area contributed by atoms with Crippen LogP contribution in [0, 0.1) is 0 Å². The Bertz CT molecular complexity index is 637. The lowest BCUT2D eigenvalue weighted by atomic mass is 10.2. The Morgan fingerprint density at radius 3 is 2.94 bits per heavy atom. The summed E-state index contributed by atoms with van der Waals surface area (Å²) in [5, 5.41) is 11.2. The van der Waals surface area contributed by atoms with Gasteiger partial charge in [-0.1, -0.05) is 0 Å². The highest BCUT2D eigenvalue weighted by atomic mass is 15.3. The number of hydrogen-bond acceptors (Lipinski definition) is 4. The Morgan fingerprint density at radius 2 is 2.19 bits per heavy atom. The Hall–Kier alpha value is -2.37. The third-order valence-electron chi connectivity index (χ3n) is 2.51. The Morgan fingerprint density at radius 1 is 1.31 bits per heavy atom. The molecule has 80 valence electrons. The zero-order valence-corrected chi connectivity index (χ0v) is 8.68. The molecule has 6 nitrogen and oxygen atoms in total. The predicted octanol–water partition coefficient (Wildman–Crippen LogP) is 0.941. The number of nitrogen functional groups attached to an aromatic ring is 1. The molecule has 0 saturated heterocycles. The summed E-state index contributed by atoms with van der Waals surface area (Å²) in [6, 6.07) is 3.62. The van der Waals surface area contributed by atoms with E-state index in [1.807, 2.05) is 13.1 Å². The summed E-state index contributed by atoms with van der Waals surface area (Å²) in [6.07, 6.45) is 3.36. The molecule has 0 spiro atoms. The Balaban J connectivity index is 2.40. The van der Waals surface area contributed by atoms with E-state index in [0.29, 0.717) is 5.69 Å². The Labute approximate surface area is 91.1 Å². The zero-order valence-electron chi connectivity index (χ0n) is 8.68. The fourth-order valence-electron chi connectivity index (χ4n) is 1.80. The van der Waals surface area contributed by atoms with E-state index in [2.05, 4.69) is 20.3 Å². The van der Waals surface area contributed by atoms with Gasteiger partial charge in [-0.05, 0) is 12.1 Å². The van der Waals surface area contributed by atoms with Gasteiger partial charge in [-0.25, -0.2) is 0 Å². The van der Waals surface area contributed by atoms with Crippen molar-refractivity contribution in [1.82, 2.24) is 25.0 Å². The van der Waals surface area contributed by atoms with Gasteiger partial charge in [0.2, 0.25) is 0 Å². The first-order chi connectivity index (χ1) is 7.77. The van der Waals surface area contributed by atoms with Crippen LogP contribution in [0.3, 0.4) is 0 Å². The molecule has 0 aliphatic carbocycles. The number of rotatable bonds is 1. The monoisotopic (exact) mass is 214 g/mol. The molecular weight excluding hydrogens is 204 g/mol. The second-order valence-electron chi connectivity index (χ2n) is 3.54. The molecule has 0 atom stereocenters. The van der Waals surface area contributed by atoms with Crippen molar-refractivity contribution in [3.8, 4) is 11.4 Å².